The van der Waals surface area contributed by atoms with Crippen molar-refractivity contribution in [3.63, 3.8) is 0 Å². The fourth-order valence-electron chi connectivity index (χ4n) is 2.72. The molecule has 2 rings (SSSR count). The molecule has 2 N–H and O–H groups in total. The Bertz CT molecular complexity index is 730. The molecule has 7 nitrogen and oxygen atoms in total. The molecule has 1 aromatic carbocycles. The molecule has 0 bridgehead atoms. The van der Waals surface area contributed by atoms with E-state index in [1.165, 1.54) is 18.1 Å². The zero-order valence-corrected chi connectivity index (χ0v) is 16.6. The van der Waals surface area contributed by atoms with Crippen LogP contribution in [0.5, 0.6) is 0 Å². The number of hydrogen-bond donors (Lipinski definition) is 2. The van der Waals surface area contributed by atoms with E-state index < -0.39 is 0 Å². The molecule has 0 saturated carbocycles. The van der Waals surface area contributed by atoms with Crippen molar-refractivity contribution in [2.75, 3.05) is 43.6 Å². The van der Waals surface area contributed by atoms with E-state index in [1.54, 1.807) is 7.11 Å². The van der Waals surface area contributed by atoms with Gasteiger partial charge in [-0.15, -0.1) is 0 Å². The number of amides is 1. The van der Waals surface area contributed by atoms with E-state index in [1.807, 2.05) is 6.07 Å². The Labute approximate surface area is 161 Å². The highest BCUT2D eigenvalue weighted by Gasteiger charge is 2.09. The smallest absolute Gasteiger partial charge is 0.254 e. The molecule has 1 amide bonds. The molecular weight excluding hydrogens is 342 g/mol. The third-order valence-corrected chi connectivity index (χ3v) is 4.31. The van der Waals surface area contributed by atoms with Gasteiger partial charge in [-0.05, 0) is 51.0 Å². The summed E-state index contributed by atoms with van der Waals surface area (Å²) in [6.07, 6.45) is 3.83. The van der Waals surface area contributed by atoms with Crippen molar-refractivity contribution < 1.29 is 9.53 Å². The van der Waals surface area contributed by atoms with Crippen molar-refractivity contribution >= 4 is 23.2 Å². The van der Waals surface area contributed by atoms with E-state index in [-0.39, 0.29) is 5.91 Å². The zero-order chi connectivity index (χ0) is 19.6. The van der Waals surface area contributed by atoms with Gasteiger partial charge in [0.2, 0.25) is 5.95 Å². The molecule has 146 valence electrons. The third-order valence-electron chi connectivity index (χ3n) is 4.31. The molecule has 0 aliphatic rings. The van der Waals surface area contributed by atoms with E-state index >= 15 is 0 Å². The first-order chi connectivity index (χ1) is 13.1. The molecule has 0 aliphatic heterocycles. The van der Waals surface area contributed by atoms with Gasteiger partial charge in [-0.2, -0.15) is 0 Å². The van der Waals surface area contributed by atoms with Crippen LogP contribution < -0.4 is 15.5 Å². The Morgan fingerprint density at radius 2 is 1.89 bits per heavy atom. The first-order valence-corrected chi connectivity index (χ1v) is 9.30. The van der Waals surface area contributed by atoms with Crippen LogP contribution in [0.4, 0.5) is 17.3 Å². The molecule has 27 heavy (non-hydrogen) atoms. The quantitative estimate of drug-likeness (QED) is 0.625. The Morgan fingerprint density at radius 1 is 1.19 bits per heavy atom. The van der Waals surface area contributed by atoms with E-state index in [0.717, 1.165) is 30.8 Å². The minimum absolute atomic E-state index is 0.183. The van der Waals surface area contributed by atoms with Crippen molar-refractivity contribution in [3.05, 3.63) is 41.7 Å². The lowest BCUT2D eigenvalue weighted by Gasteiger charge is -2.22. The van der Waals surface area contributed by atoms with Gasteiger partial charge in [0.05, 0.1) is 5.56 Å². The summed E-state index contributed by atoms with van der Waals surface area (Å²) in [5, 5.41) is 6.03. The summed E-state index contributed by atoms with van der Waals surface area (Å²) in [6.45, 7) is 9.47. The second-order valence-corrected chi connectivity index (χ2v) is 6.19. The molecule has 0 radical (unpaired) electrons. The van der Waals surface area contributed by atoms with Crippen LogP contribution in [0.2, 0.25) is 0 Å². The first kappa shape index (κ1) is 20.6. The van der Waals surface area contributed by atoms with Crippen LogP contribution in [0.15, 0.2) is 30.6 Å². The summed E-state index contributed by atoms with van der Waals surface area (Å²) < 4.78 is 4.96. The molecule has 1 heterocycles. The van der Waals surface area contributed by atoms with Gasteiger partial charge in [0.1, 0.15) is 0 Å². The molecule has 0 spiro atoms. The highest BCUT2D eigenvalue weighted by molar-refractivity contribution is 5.93. The van der Waals surface area contributed by atoms with Crippen LogP contribution in [0.1, 0.15) is 36.2 Å². The second kappa shape index (κ2) is 10.5. The summed E-state index contributed by atoms with van der Waals surface area (Å²) in [7, 11) is 1.64. The molecule has 0 aliphatic carbocycles. The second-order valence-electron chi connectivity index (χ2n) is 6.19. The van der Waals surface area contributed by atoms with Crippen molar-refractivity contribution in [2.24, 2.45) is 0 Å². The van der Waals surface area contributed by atoms with E-state index in [0.29, 0.717) is 24.7 Å². The first-order valence-electron chi connectivity index (χ1n) is 9.30. The number of carbonyl (C=O) groups excluding carboxylic acids is 1. The van der Waals surface area contributed by atoms with Crippen molar-refractivity contribution in [3.8, 4) is 0 Å². The average Bonchev–Trinajstić information content (AvgIpc) is 2.68. The fourth-order valence-corrected chi connectivity index (χ4v) is 2.72. The number of ether oxygens (including phenoxy) is 1. The number of aryl methyl sites for hydroxylation is 1. The maximum Gasteiger partial charge on any atom is 0.254 e. The molecule has 2 aromatic rings. The van der Waals surface area contributed by atoms with Gasteiger partial charge in [0.15, 0.2) is 0 Å². The van der Waals surface area contributed by atoms with Gasteiger partial charge >= 0.3 is 0 Å². The van der Waals surface area contributed by atoms with Crippen LogP contribution >= 0.6 is 0 Å². The Balaban J connectivity index is 1.99. The van der Waals surface area contributed by atoms with Gasteiger partial charge in [-0.1, -0.05) is 0 Å². The van der Waals surface area contributed by atoms with Gasteiger partial charge in [-0.25, -0.2) is 9.97 Å². The van der Waals surface area contributed by atoms with Gasteiger partial charge in [-0.3, -0.25) is 4.79 Å². The number of benzene rings is 1. The SMILES string of the molecule is CCN(CC)c1ccc(Nc2ncc(C(=O)NCCCOC)cn2)c(C)c1. The van der Waals surface area contributed by atoms with Crippen molar-refractivity contribution in [1.82, 2.24) is 15.3 Å². The molecule has 0 saturated heterocycles. The minimum atomic E-state index is -0.183. The lowest BCUT2D eigenvalue weighted by molar-refractivity contribution is 0.0948. The molecular formula is C20H29N5O2. The number of carbonyl (C=O) groups is 1. The molecule has 1 aromatic heterocycles. The Hall–Kier alpha value is -2.67. The highest BCUT2D eigenvalue weighted by Crippen LogP contribution is 2.24. The third kappa shape index (κ3) is 5.92. The largest absolute Gasteiger partial charge is 0.385 e. The predicted molar refractivity (Wildman–Crippen MR) is 109 cm³/mol. The number of aromatic nitrogens is 2. The van der Waals surface area contributed by atoms with Gasteiger partial charge in [0, 0.05) is 57.1 Å². The normalized spacial score (nSPS) is 10.5. The van der Waals surface area contributed by atoms with Crippen LogP contribution in [0, 0.1) is 6.92 Å². The van der Waals surface area contributed by atoms with Crippen molar-refractivity contribution in [1.29, 1.82) is 0 Å². The highest BCUT2D eigenvalue weighted by atomic mass is 16.5. The number of methoxy groups -OCH3 is 1. The lowest BCUT2D eigenvalue weighted by atomic mass is 10.1. The molecule has 0 unspecified atom stereocenters. The number of hydrogen-bond acceptors (Lipinski definition) is 6. The maximum atomic E-state index is 12.0. The standard InChI is InChI=1S/C20H29N5O2/c1-5-25(6-2)17-8-9-18(15(3)12-17)24-20-22-13-16(14-23-20)19(26)21-10-7-11-27-4/h8-9,12-14H,5-7,10-11H2,1-4H3,(H,21,26)(H,22,23,24). The summed E-state index contributed by atoms with van der Waals surface area (Å²) in [5.41, 5.74) is 3.70. The topological polar surface area (TPSA) is 79.4 Å². The number of rotatable bonds is 10. The van der Waals surface area contributed by atoms with E-state index in [2.05, 4.69) is 58.4 Å². The molecule has 0 fully saturated rings. The van der Waals surface area contributed by atoms with Crippen LogP contribution in [0.25, 0.3) is 0 Å². The summed E-state index contributed by atoms with van der Waals surface area (Å²) in [4.78, 5) is 22.8. The predicted octanol–water partition coefficient (Wildman–Crippen LogP) is 3.14. The fraction of sp³-hybridized carbons (Fsp3) is 0.450. The average molecular weight is 371 g/mol. The summed E-state index contributed by atoms with van der Waals surface area (Å²) >= 11 is 0. The van der Waals surface area contributed by atoms with Gasteiger partial charge < -0.3 is 20.3 Å². The van der Waals surface area contributed by atoms with Crippen LogP contribution in [0.3, 0.4) is 0 Å². The minimum Gasteiger partial charge on any atom is -0.385 e. The molecule has 7 heteroatoms. The zero-order valence-electron chi connectivity index (χ0n) is 16.6. The van der Waals surface area contributed by atoms with Crippen molar-refractivity contribution in [2.45, 2.75) is 27.2 Å². The van der Waals surface area contributed by atoms with E-state index in [4.69, 9.17) is 4.74 Å². The van der Waals surface area contributed by atoms with Gasteiger partial charge in [0.25, 0.3) is 5.91 Å². The summed E-state index contributed by atoms with van der Waals surface area (Å²) in [5.74, 6) is 0.280. The summed E-state index contributed by atoms with van der Waals surface area (Å²) in [6, 6.07) is 6.27. The lowest BCUT2D eigenvalue weighted by Crippen LogP contribution is -2.25. The number of anilines is 3. The molecule has 0 atom stereocenters. The maximum absolute atomic E-state index is 12.0. The monoisotopic (exact) mass is 371 g/mol. The Kier molecular flexibility index (Phi) is 8.00. The Morgan fingerprint density at radius 3 is 2.48 bits per heavy atom. The van der Waals surface area contributed by atoms with Crippen LogP contribution in [-0.4, -0.2) is 49.2 Å². The number of nitrogens with one attached hydrogen (secondary N) is 2. The number of nitrogens with zero attached hydrogens (tertiary/aromatic N) is 3. The van der Waals surface area contributed by atoms with Crippen LogP contribution in [-0.2, 0) is 4.74 Å². The van der Waals surface area contributed by atoms with E-state index in [9.17, 15) is 4.79 Å².